The van der Waals surface area contributed by atoms with E-state index < -0.39 is 0 Å². The highest BCUT2D eigenvalue weighted by Crippen LogP contribution is 2.31. The lowest BCUT2D eigenvalue weighted by atomic mass is 10.0. The Morgan fingerprint density at radius 1 is 1.18 bits per heavy atom. The van der Waals surface area contributed by atoms with Crippen LogP contribution in [0.4, 0.5) is 5.69 Å². The number of anilines is 1. The number of hydrogen-bond donors (Lipinski definition) is 3. The van der Waals surface area contributed by atoms with Gasteiger partial charge >= 0.3 is 0 Å². The summed E-state index contributed by atoms with van der Waals surface area (Å²) >= 11 is 0. The van der Waals surface area contributed by atoms with Crippen molar-refractivity contribution in [1.29, 1.82) is 0 Å². The first kappa shape index (κ1) is 24.9. The van der Waals surface area contributed by atoms with Crippen LogP contribution in [0.15, 0.2) is 67.9 Å². The quantitative estimate of drug-likeness (QED) is 0.227. The molecule has 5 aromatic rings. The molecule has 0 fully saturated rings. The zero-order valence-electron chi connectivity index (χ0n) is 21.9. The number of amides is 1. The van der Waals surface area contributed by atoms with E-state index in [0.29, 0.717) is 23.6 Å². The minimum absolute atomic E-state index is 0.0220. The fraction of sp³-hybridized carbons (Fsp3) is 0.207. The summed E-state index contributed by atoms with van der Waals surface area (Å²) in [5.41, 5.74) is 7.59. The second-order valence-corrected chi connectivity index (χ2v) is 9.71. The van der Waals surface area contributed by atoms with Crippen molar-refractivity contribution in [2.75, 3.05) is 5.32 Å². The molecule has 1 aromatic carbocycles. The van der Waals surface area contributed by atoms with E-state index in [1.165, 1.54) is 0 Å². The number of pyridine rings is 1. The summed E-state index contributed by atoms with van der Waals surface area (Å²) in [6.07, 6.45) is 11.3. The second kappa shape index (κ2) is 10.3. The van der Waals surface area contributed by atoms with Crippen LogP contribution in [-0.4, -0.2) is 40.6 Å². The number of rotatable bonds is 8. The minimum atomic E-state index is -0.0220. The van der Waals surface area contributed by atoms with Crippen molar-refractivity contribution < 1.29 is 4.79 Å². The summed E-state index contributed by atoms with van der Waals surface area (Å²) in [5, 5.41) is 11.5. The van der Waals surface area contributed by atoms with Crippen molar-refractivity contribution in [2.24, 2.45) is 5.92 Å². The first-order chi connectivity index (χ1) is 18.3. The second-order valence-electron chi connectivity index (χ2n) is 9.71. The minimum Gasteiger partial charge on any atom is -0.340 e. The van der Waals surface area contributed by atoms with Gasteiger partial charge in [-0.1, -0.05) is 32.6 Å². The number of benzene rings is 1. The first-order valence-corrected chi connectivity index (χ1v) is 12.5. The van der Waals surface area contributed by atoms with Crippen molar-refractivity contribution >= 4 is 28.2 Å². The Kier molecular flexibility index (Phi) is 6.74. The number of nitrogens with zero attached hydrogens (tertiary/aromatic N) is 5. The lowest BCUT2D eigenvalue weighted by Gasteiger charge is -2.09. The van der Waals surface area contributed by atoms with Gasteiger partial charge in [0.25, 0.3) is 0 Å². The Labute approximate surface area is 220 Å². The zero-order valence-corrected chi connectivity index (χ0v) is 21.9. The summed E-state index contributed by atoms with van der Waals surface area (Å²) in [4.78, 5) is 29.3. The maximum atomic E-state index is 12.2. The zero-order chi connectivity index (χ0) is 26.8. The number of imidazole rings is 2. The van der Waals surface area contributed by atoms with E-state index in [1.807, 2.05) is 62.7 Å². The normalized spacial score (nSPS) is 11.9. The van der Waals surface area contributed by atoms with Crippen molar-refractivity contribution in [3.63, 3.8) is 0 Å². The molecule has 9 nitrogen and oxygen atoms in total. The SMILES string of the molecule is C=C/C=C(\c1nc(-c2n[nH]c3ccc(-c4cncc(NC(=O)CC(C)C)c4)cc23)[nH]c1C)n1cnc(C)c1. The van der Waals surface area contributed by atoms with Crippen LogP contribution in [0.2, 0.25) is 0 Å². The summed E-state index contributed by atoms with van der Waals surface area (Å²) in [6, 6.07) is 7.98. The molecule has 0 aliphatic heterocycles. The summed E-state index contributed by atoms with van der Waals surface area (Å²) in [7, 11) is 0. The highest BCUT2D eigenvalue weighted by molar-refractivity contribution is 5.95. The lowest BCUT2D eigenvalue weighted by molar-refractivity contribution is -0.116. The lowest BCUT2D eigenvalue weighted by Crippen LogP contribution is -2.13. The predicted octanol–water partition coefficient (Wildman–Crippen LogP) is 5.89. The van der Waals surface area contributed by atoms with Crippen LogP contribution in [0.1, 0.15) is 37.4 Å². The standard InChI is InChI=1S/C29H30N8O/c1-6-7-25(37-15-18(4)31-16-37)27-19(5)32-29(34-27)28-23-12-20(8-9-24(23)35-36-28)21-11-22(14-30-13-21)33-26(38)10-17(2)3/h6-9,11-17H,1,10H2,2-5H3,(H,32,34)(H,33,38)(H,35,36)/b25-7+. The highest BCUT2D eigenvalue weighted by Gasteiger charge is 2.18. The molecule has 5 rings (SSSR count). The van der Waals surface area contributed by atoms with Crippen molar-refractivity contribution in [3.05, 3.63) is 85.0 Å². The first-order valence-electron chi connectivity index (χ1n) is 12.5. The number of H-pyrrole nitrogens is 2. The van der Waals surface area contributed by atoms with Crippen molar-refractivity contribution in [1.82, 2.24) is 34.7 Å². The van der Waals surface area contributed by atoms with Gasteiger partial charge in [0.05, 0.1) is 35.1 Å². The Balaban J connectivity index is 1.50. The fourth-order valence-electron chi connectivity index (χ4n) is 4.40. The third kappa shape index (κ3) is 5.04. The van der Waals surface area contributed by atoms with E-state index in [-0.39, 0.29) is 11.8 Å². The summed E-state index contributed by atoms with van der Waals surface area (Å²) in [5.74, 6) is 0.915. The van der Waals surface area contributed by atoms with E-state index in [9.17, 15) is 4.79 Å². The largest absolute Gasteiger partial charge is 0.340 e. The van der Waals surface area contributed by atoms with Gasteiger partial charge in [0.15, 0.2) is 5.82 Å². The molecule has 4 aromatic heterocycles. The molecule has 0 saturated heterocycles. The summed E-state index contributed by atoms with van der Waals surface area (Å²) in [6.45, 7) is 11.8. The molecule has 38 heavy (non-hydrogen) atoms. The maximum Gasteiger partial charge on any atom is 0.224 e. The number of carbonyl (C=O) groups is 1. The Hall–Kier alpha value is -4.79. The molecule has 0 spiro atoms. The fourth-order valence-corrected chi connectivity index (χ4v) is 4.40. The number of carbonyl (C=O) groups excluding carboxylic acids is 1. The summed E-state index contributed by atoms with van der Waals surface area (Å²) < 4.78 is 1.94. The molecule has 0 aliphatic carbocycles. The van der Waals surface area contributed by atoms with Crippen LogP contribution in [0.5, 0.6) is 0 Å². The van der Waals surface area contributed by atoms with Gasteiger partial charge in [-0.25, -0.2) is 9.97 Å². The molecule has 9 heteroatoms. The topological polar surface area (TPSA) is 117 Å². The van der Waals surface area contributed by atoms with Gasteiger partial charge < -0.3 is 14.9 Å². The van der Waals surface area contributed by atoms with Crippen LogP contribution < -0.4 is 5.32 Å². The molecule has 3 N–H and O–H groups in total. The van der Waals surface area contributed by atoms with Crippen LogP contribution in [0.3, 0.4) is 0 Å². The van der Waals surface area contributed by atoms with Gasteiger partial charge in [0, 0.05) is 35.5 Å². The van der Waals surface area contributed by atoms with E-state index in [2.05, 4.69) is 43.1 Å². The van der Waals surface area contributed by atoms with Crippen molar-refractivity contribution in [3.8, 4) is 22.6 Å². The number of hydrogen-bond acceptors (Lipinski definition) is 5. The molecule has 1 amide bonds. The van der Waals surface area contributed by atoms with Crippen LogP contribution in [0.25, 0.3) is 39.2 Å². The van der Waals surface area contributed by atoms with Gasteiger partial charge in [-0.05, 0) is 49.6 Å². The number of aromatic amines is 2. The monoisotopic (exact) mass is 506 g/mol. The number of allylic oxidation sites excluding steroid dienone is 2. The molecule has 4 heterocycles. The van der Waals surface area contributed by atoms with Gasteiger partial charge in [0.2, 0.25) is 5.91 Å². The predicted molar refractivity (Wildman–Crippen MR) is 150 cm³/mol. The Morgan fingerprint density at radius 2 is 2.03 bits per heavy atom. The molecular weight excluding hydrogens is 476 g/mol. The molecule has 0 unspecified atom stereocenters. The number of fused-ring (bicyclic) bond motifs is 1. The molecule has 0 saturated carbocycles. The van der Waals surface area contributed by atoms with Crippen LogP contribution >= 0.6 is 0 Å². The third-order valence-corrected chi connectivity index (χ3v) is 6.13. The van der Waals surface area contributed by atoms with E-state index in [1.54, 1.807) is 24.8 Å². The Morgan fingerprint density at radius 3 is 2.76 bits per heavy atom. The van der Waals surface area contributed by atoms with E-state index >= 15 is 0 Å². The van der Waals surface area contributed by atoms with Crippen molar-refractivity contribution in [2.45, 2.75) is 34.1 Å². The number of aryl methyl sites for hydroxylation is 2. The smallest absolute Gasteiger partial charge is 0.224 e. The van der Waals surface area contributed by atoms with Gasteiger partial charge in [-0.3, -0.25) is 14.9 Å². The third-order valence-electron chi connectivity index (χ3n) is 6.13. The van der Waals surface area contributed by atoms with E-state index in [4.69, 9.17) is 4.98 Å². The molecule has 0 bridgehead atoms. The van der Waals surface area contributed by atoms with Gasteiger partial charge in [0.1, 0.15) is 11.4 Å². The maximum absolute atomic E-state index is 12.2. The average molecular weight is 507 g/mol. The number of aromatic nitrogens is 7. The average Bonchev–Trinajstić information content (AvgIpc) is 3.60. The molecule has 0 aliphatic rings. The van der Waals surface area contributed by atoms with Crippen LogP contribution in [-0.2, 0) is 4.79 Å². The molecule has 0 radical (unpaired) electrons. The highest BCUT2D eigenvalue weighted by atomic mass is 16.1. The van der Waals surface area contributed by atoms with Gasteiger partial charge in [-0.2, -0.15) is 5.10 Å². The number of nitrogens with one attached hydrogen (secondary N) is 3. The molecule has 0 atom stereocenters. The van der Waals surface area contributed by atoms with E-state index in [0.717, 1.165) is 44.8 Å². The van der Waals surface area contributed by atoms with Crippen LogP contribution in [0, 0.1) is 19.8 Å². The molecule has 192 valence electrons. The van der Waals surface area contributed by atoms with Gasteiger partial charge in [-0.15, -0.1) is 0 Å². The molecular formula is C29H30N8O. The Bertz CT molecular complexity index is 1670.